The molecule has 0 bridgehead atoms. The lowest BCUT2D eigenvalue weighted by atomic mass is 9.49. The first-order valence-corrected chi connectivity index (χ1v) is 12.9. The van der Waals surface area contributed by atoms with E-state index in [1.807, 2.05) is 59.4 Å². The lowest BCUT2D eigenvalue weighted by Crippen LogP contribution is -2.56. The van der Waals surface area contributed by atoms with Gasteiger partial charge in [-0.1, -0.05) is 48.0 Å². The van der Waals surface area contributed by atoms with Gasteiger partial charge in [0.25, 0.3) is 5.91 Å². The summed E-state index contributed by atoms with van der Waals surface area (Å²) in [7, 11) is 0. The monoisotopic (exact) mass is 514 g/mol. The Kier molecular flexibility index (Phi) is 5.95. The average molecular weight is 515 g/mol. The predicted octanol–water partition coefficient (Wildman–Crippen LogP) is 5.56. The number of carboxylic acids is 1. The third-order valence-corrected chi connectivity index (χ3v) is 7.99. The molecular weight excluding hydrogens is 488 g/mol. The summed E-state index contributed by atoms with van der Waals surface area (Å²) in [5.74, 6) is -0.617. The molecule has 0 radical (unpaired) electrons. The first-order valence-electron chi connectivity index (χ1n) is 12.6. The zero-order valence-electron chi connectivity index (χ0n) is 20.2. The van der Waals surface area contributed by atoms with Crippen molar-refractivity contribution in [3.8, 4) is 11.3 Å². The number of halogens is 1. The number of hydrogen-bond acceptors (Lipinski definition) is 4. The largest absolute Gasteiger partial charge is 0.481 e. The second-order valence-electron chi connectivity index (χ2n) is 10.6. The minimum Gasteiger partial charge on any atom is -0.481 e. The minimum absolute atomic E-state index is 0.0958. The van der Waals surface area contributed by atoms with Gasteiger partial charge < -0.3 is 10.4 Å². The van der Waals surface area contributed by atoms with E-state index >= 15 is 0 Å². The normalized spacial score (nSPS) is 22.4. The number of hydrogen-bond donors (Lipinski definition) is 2. The maximum atomic E-state index is 13.3. The van der Waals surface area contributed by atoms with E-state index in [-0.39, 0.29) is 29.7 Å². The molecule has 7 nitrogen and oxygen atoms in total. The van der Waals surface area contributed by atoms with Gasteiger partial charge in [-0.25, -0.2) is 0 Å². The molecular formula is C29H27ClN4O3. The number of benzene rings is 2. The summed E-state index contributed by atoms with van der Waals surface area (Å²) in [6, 6.07) is 17.7. The van der Waals surface area contributed by atoms with Crippen LogP contribution in [0.2, 0.25) is 5.02 Å². The molecule has 188 valence electrons. The third kappa shape index (κ3) is 4.71. The van der Waals surface area contributed by atoms with Crippen LogP contribution in [0.15, 0.2) is 67.0 Å². The zero-order chi connectivity index (χ0) is 25.6. The van der Waals surface area contributed by atoms with Gasteiger partial charge in [0.15, 0.2) is 0 Å². The first kappa shape index (κ1) is 23.7. The Bertz CT molecular complexity index is 1470. The average Bonchev–Trinajstić information content (AvgIpc) is 3.23. The van der Waals surface area contributed by atoms with Crippen molar-refractivity contribution in [1.82, 2.24) is 20.1 Å². The van der Waals surface area contributed by atoms with Gasteiger partial charge in [-0.2, -0.15) is 5.10 Å². The molecule has 2 aliphatic rings. The van der Waals surface area contributed by atoms with Crippen molar-refractivity contribution in [2.24, 2.45) is 11.3 Å². The SMILES string of the molecule is O=C(O)CC1CC2(C1)CC(NC(=O)c1cc(Cl)cc3cnn(Cc4ccc(-c5ccccc5)nc4)c13)C2. The Hall–Kier alpha value is -3.71. The number of nitrogens with one attached hydrogen (secondary N) is 1. The highest BCUT2D eigenvalue weighted by atomic mass is 35.5. The van der Waals surface area contributed by atoms with Crippen LogP contribution in [0.5, 0.6) is 0 Å². The Morgan fingerprint density at radius 1 is 1.05 bits per heavy atom. The van der Waals surface area contributed by atoms with Gasteiger partial charge in [0, 0.05) is 34.6 Å². The number of carboxylic acid groups (broad SMARTS) is 1. The summed E-state index contributed by atoms with van der Waals surface area (Å²) in [5, 5.41) is 18.0. The molecule has 8 heteroatoms. The van der Waals surface area contributed by atoms with Crippen molar-refractivity contribution in [1.29, 1.82) is 0 Å². The van der Waals surface area contributed by atoms with Gasteiger partial charge in [-0.05, 0) is 60.8 Å². The fraction of sp³-hybridized carbons (Fsp3) is 0.310. The van der Waals surface area contributed by atoms with E-state index in [9.17, 15) is 9.59 Å². The van der Waals surface area contributed by atoms with Crippen LogP contribution in [-0.4, -0.2) is 37.8 Å². The van der Waals surface area contributed by atoms with E-state index in [0.717, 1.165) is 53.4 Å². The molecule has 0 unspecified atom stereocenters. The van der Waals surface area contributed by atoms with Crippen LogP contribution < -0.4 is 5.32 Å². The molecule has 2 aromatic carbocycles. The first-order chi connectivity index (χ1) is 17.9. The molecule has 2 heterocycles. The van der Waals surface area contributed by atoms with Gasteiger partial charge in [0.05, 0.1) is 29.5 Å². The maximum absolute atomic E-state index is 13.3. The van der Waals surface area contributed by atoms with E-state index in [2.05, 4.69) is 15.4 Å². The molecule has 0 aliphatic heterocycles. The van der Waals surface area contributed by atoms with E-state index in [1.54, 1.807) is 12.3 Å². The molecule has 2 saturated carbocycles. The molecule has 1 amide bonds. The van der Waals surface area contributed by atoms with Crippen molar-refractivity contribution in [3.63, 3.8) is 0 Å². The Balaban J connectivity index is 1.17. The fourth-order valence-corrected chi connectivity index (χ4v) is 6.43. The second-order valence-corrected chi connectivity index (χ2v) is 11.0. The molecule has 37 heavy (non-hydrogen) atoms. The van der Waals surface area contributed by atoms with E-state index < -0.39 is 5.97 Å². The third-order valence-electron chi connectivity index (χ3n) is 7.77. The molecule has 2 fully saturated rings. The number of pyridine rings is 1. The van der Waals surface area contributed by atoms with Crippen LogP contribution >= 0.6 is 11.6 Å². The van der Waals surface area contributed by atoms with Crippen molar-refractivity contribution in [2.45, 2.75) is 44.7 Å². The van der Waals surface area contributed by atoms with E-state index in [4.69, 9.17) is 16.7 Å². The second kappa shape index (κ2) is 9.30. The molecule has 4 aromatic rings. The molecule has 1 spiro atoms. The summed E-state index contributed by atoms with van der Waals surface area (Å²) in [5.41, 5.74) is 4.40. The van der Waals surface area contributed by atoms with Crippen LogP contribution in [0, 0.1) is 11.3 Å². The smallest absolute Gasteiger partial charge is 0.303 e. The minimum atomic E-state index is -0.728. The lowest BCUT2D eigenvalue weighted by molar-refractivity contribution is -0.142. The maximum Gasteiger partial charge on any atom is 0.303 e. The highest BCUT2D eigenvalue weighted by Gasteiger charge is 2.53. The lowest BCUT2D eigenvalue weighted by Gasteiger charge is -2.57. The van der Waals surface area contributed by atoms with Crippen LogP contribution in [0.25, 0.3) is 22.2 Å². The van der Waals surface area contributed by atoms with Gasteiger partial charge in [-0.3, -0.25) is 19.3 Å². The van der Waals surface area contributed by atoms with Crippen molar-refractivity contribution >= 4 is 34.4 Å². The molecule has 2 aromatic heterocycles. The molecule has 2 aliphatic carbocycles. The molecule has 2 N–H and O–H groups in total. The van der Waals surface area contributed by atoms with Gasteiger partial charge >= 0.3 is 5.97 Å². The van der Waals surface area contributed by atoms with Gasteiger partial charge in [0.1, 0.15) is 0 Å². The number of aromatic nitrogens is 3. The quantitative estimate of drug-likeness (QED) is 0.336. The number of carbonyl (C=O) groups is 2. The predicted molar refractivity (Wildman–Crippen MR) is 141 cm³/mol. The standard InChI is InChI=1S/C29H27ClN4O3/c30-22-9-21-16-32-34(17-18-6-7-25(31-15-18)20-4-2-1-3-5-20)27(21)24(10-22)28(37)33-23-13-29(14-23)11-19(12-29)8-26(35)36/h1-7,9-10,15-16,19,23H,8,11-14,17H2,(H,33,37)(H,35,36). The van der Waals surface area contributed by atoms with E-state index in [0.29, 0.717) is 17.1 Å². The molecule has 6 rings (SSSR count). The van der Waals surface area contributed by atoms with Crippen LogP contribution in [0.3, 0.4) is 0 Å². The van der Waals surface area contributed by atoms with Crippen LogP contribution in [0.1, 0.15) is 48.0 Å². The molecule has 0 saturated heterocycles. The fourth-order valence-electron chi connectivity index (χ4n) is 6.20. The number of aliphatic carboxylic acids is 1. The van der Waals surface area contributed by atoms with Crippen molar-refractivity contribution < 1.29 is 14.7 Å². The summed E-state index contributed by atoms with van der Waals surface area (Å²) in [6.45, 7) is 0.477. The number of amides is 1. The highest BCUT2D eigenvalue weighted by Crippen LogP contribution is 2.59. The van der Waals surface area contributed by atoms with E-state index in [1.165, 1.54) is 0 Å². The zero-order valence-corrected chi connectivity index (χ0v) is 21.0. The van der Waals surface area contributed by atoms with Crippen LogP contribution in [-0.2, 0) is 11.3 Å². The van der Waals surface area contributed by atoms with Crippen molar-refractivity contribution in [3.05, 3.63) is 83.1 Å². The highest BCUT2D eigenvalue weighted by molar-refractivity contribution is 6.32. The summed E-state index contributed by atoms with van der Waals surface area (Å²) >= 11 is 6.36. The van der Waals surface area contributed by atoms with Gasteiger partial charge in [0.2, 0.25) is 0 Å². The molecule has 0 atom stereocenters. The number of carbonyl (C=O) groups excluding carboxylic acids is 1. The number of rotatable bonds is 7. The number of fused-ring (bicyclic) bond motifs is 1. The van der Waals surface area contributed by atoms with Gasteiger partial charge in [-0.15, -0.1) is 0 Å². The number of nitrogens with zero attached hydrogens (tertiary/aromatic N) is 3. The summed E-state index contributed by atoms with van der Waals surface area (Å²) < 4.78 is 1.82. The summed E-state index contributed by atoms with van der Waals surface area (Å²) in [4.78, 5) is 28.9. The Morgan fingerprint density at radius 3 is 2.54 bits per heavy atom. The van der Waals surface area contributed by atoms with Crippen molar-refractivity contribution in [2.75, 3.05) is 0 Å². The summed E-state index contributed by atoms with van der Waals surface area (Å²) in [6.07, 6.45) is 7.50. The topological polar surface area (TPSA) is 97.1 Å². The Morgan fingerprint density at radius 2 is 1.84 bits per heavy atom. The van der Waals surface area contributed by atoms with Crippen LogP contribution in [0.4, 0.5) is 0 Å². The Labute approximate surface area is 219 Å².